The van der Waals surface area contributed by atoms with Crippen LogP contribution in [-0.2, 0) is 0 Å². The highest BCUT2D eigenvalue weighted by Crippen LogP contribution is 2.26. The molecule has 0 saturated carbocycles. The van der Waals surface area contributed by atoms with Crippen LogP contribution in [0, 0.1) is 12.7 Å². The molecule has 2 aromatic rings. The van der Waals surface area contributed by atoms with Crippen molar-refractivity contribution < 1.29 is 8.81 Å². The molecule has 0 fully saturated rings. The second-order valence-corrected chi connectivity index (χ2v) is 4.01. The van der Waals surface area contributed by atoms with E-state index in [1.807, 2.05) is 0 Å². The second-order valence-electron chi connectivity index (χ2n) is 3.58. The normalized spacial score (nSPS) is 12.8. The minimum absolute atomic E-state index is 0.359. The quantitative estimate of drug-likeness (QED) is 0.872. The molecule has 1 heterocycles. The molecule has 2 N–H and O–H groups in total. The standard InChI is InChI=1S/C12H11ClFNO/c1-7-9(4-5-16-7)12(15)10-3-2-8(13)6-11(10)14/h2-6,12H,15H2,1H3. The summed E-state index contributed by atoms with van der Waals surface area (Å²) in [5, 5.41) is 0.359. The van der Waals surface area contributed by atoms with Crippen molar-refractivity contribution in [1.29, 1.82) is 0 Å². The van der Waals surface area contributed by atoms with Gasteiger partial charge in [0.15, 0.2) is 0 Å². The zero-order valence-corrected chi connectivity index (χ0v) is 9.46. The van der Waals surface area contributed by atoms with Crippen LogP contribution in [0.3, 0.4) is 0 Å². The number of halogens is 2. The Morgan fingerprint density at radius 2 is 2.06 bits per heavy atom. The van der Waals surface area contributed by atoms with E-state index in [1.54, 1.807) is 31.4 Å². The molecule has 1 atom stereocenters. The van der Waals surface area contributed by atoms with Gasteiger partial charge in [-0.2, -0.15) is 0 Å². The Morgan fingerprint density at radius 3 is 2.62 bits per heavy atom. The molecule has 84 valence electrons. The maximum atomic E-state index is 13.6. The molecular weight excluding hydrogens is 229 g/mol. The van der Waals surface area contributed by atoms with Gasteiger partial charge < -0.3 is 10.2 Å². The summed E-state index contributed by atoms with van der Waals surface area (Å²) in [6.07, 6.45) is 1.54. The van der Waals surface area contributed by atoms with E-state index in [0.717, 1.165) is 5.56 Å². The van der Waals surface area contributed by atoms with Crippen LogP contribution in [0.15, 0.2) is 34.9 Å². The molecule has 0 aliphatic heterocycles. The first-order valence-corrected chi connectivity index (χ1v) is 5.22. The van der Waals surface area contributed by atoms with Crippen molar-refractivity contribution >= 4 is 11.6 Å². The van der Waals surface area contributed by atoms with Crippen LogP contribution in [0.4, 0.5) is 4.39 Å². The summed E-state index contributed by atoms with van der Waals surface area (Å²) in [4.78, 5) is 0. The highest BCUT2D eigenvalue weighted by atomic mass is 35.5. The van der Waals surface area contributed by atoms with Crippen LogP contribution < -0.4 is 5.73 Å². The lowest BCUT2D eigenvalue weighted by Crippen LogP contribution is -2.13. The summed E-state index contributed by atoms with van der Waals surface area (Å²) < 4.78 is 18.8. The van der Waals surface area contributed by atoms with Gasteiger partial charge in [0.1, 0.15) is 11.6 Å². The number of hydrogen-bond donors (Lipinski definition) is 1. The molecule has 0 amide bonds. The smallest absolute Gasteiger partial charge is 0.129 e. The van der Waals surface area contributed by atoms with Crippen molar-refractivity contribution in [2.24, 2.45) is 5.73 Å². The number of rotatable bonds is 2. The van der Waals surface area contributed by atoms with E-state index in [-0.39, 0.29) is 0 Å². The van der Waals surface area contributed by atoms with Crippen molar-refractivity contribution in [3.63, 3.8) is 0 Å². The summed E-state index contributed by atoms with van der Waals surface area (Å²) in [6, 6.07) is 5.68. The average molecular weight is 240 g/mol. The zero-order chi connectivity index (χ0) is 11.7. The lowest BCUT2D eigenvalue weighted by molar-refractivity contribution is 0.526. The van der Waals surface area contributed by atoms with Gasteiger partial charge in [-0.05, 0) is 25.1 Å². The maximum Gasteiger partial charge on any atom is 0.129 e. The monoisotopic (exact) mass is 239 g/mol. The number of nitrogens with two attached hydrogens (primary N) is 1. The molecule has 1 unspecified atom stereocenters. The third kappa shape index (κ3) is 1.96. The predicted octanol–water partition coefficient (Wildman–Crippen LogP) is 3.43. The number of benzene rings is 1. The Balaban J connectivity index is 2.41. The molecule has 2 rings (SSSR count). The van der Waals surface area contributed by atoms with Gasteiger partial charge in [0, 0.05) is 16.1 Å². The van der Waals surface area contributed by atoms with E-state index in [0.29, 0.717) is 16.3 Å². The van der Waals surface area contributed by atoms with Gasteiger partial charge in [-0.3, -0.25) is 0 Å². The summed E-state index contributed by atoms with van der Waals surface area (Å²) >= 11 is 5.68. The SMILES string of the molecule is Cc1occc1C(N)c1ccc(Cl)cc1F. The molecule has 1 aromatic carbocycles. The summed E-state index contributed by atoms with van der Waals surface area (Å²) in [5.74, 6) is 0.294. The maximum absolute atomic E-state index is 13.6. The molecule has 0 spiro atoms. The molecule has 0 saturated heterocycles. The van der Waals surface area contributed by atoms with E-state index in [2.05, 4.69) is 0 Å². The van der Waals surface area contributed by atoms with Gasteiger partial charge in [-0.1, -0.05) is 17.7 Å². The van der Waals surface area contributed by atoms with Gasteiger partial charge in [-0.25, -0.2) is 4.39 Å². The number of furan rings is 1. The molecule has 0 bridgehead atoms. The van der Waals surface area contributed by atoms with Crippen LogP contribution in [0.25, 0.3) is 0 Å². The van der Waals surface area contributed by atoms with E-state index in [9.17, 15) is 4.39 Å². The molecule has 16 heavy (non-hydrogen) atoms. The first-order chi connectivity index (χ1) is 7.59. The van der Waals surface area contributed by atoms with E-state index < -0.39 is 11.9 Å². The number of aryl methyl sites for hydroxylation is 1. The molecule has 2 nitrogen and oxygen atoms in total. The van der Waals surface area contributed by atoms with Crippen LogP contribution in [0.5, 0.6) is 0 Å². The molecule has 0 aliphatic rings. The largest absolute Gasteiger partial charge is 0.469 e. The zero-order valence-electron chi connectivity index (χ0n) is 8.71. The predicted molar refractivity (Wildman–Crippen MR) is 60.9 cm³/mol. The minimum Gasteiger partial charge on any atom is -0.469 e. The molecule has 4 heteroatoms. The lowest BCUT2D eigenvalue weighted by Gasteiger charge is -2.12. The van der Waals surface area contributed by atoms with E-state index >= 15 is 0 Å². The van der Waals surface area contributed by atoms with Crippen LogP contribution in [0.2, 0.25) is 5.02 Å². The lowest BCUT2D eigenvalue weighted by atomic mass is 10.00. The Hall–Kier alpha value is -1.32. The number of hydrogen-bond acceptors (Lipinski definition) is 2. The Bertz CT molecular complexity index is 509. The van der Waals surface area contributed by atoms with Gasteiger partial charge >= 0.3 is 0 Å². The first-order valence-electron chi connectivity index (χ1n) is 4.84. The van der Waals surface area contributed by atoms with Crippen molar-refractivity contribution in [1.82, 2.24) is 0 Å². The van der Waals surface area contributed by atoms with Gasteiger partial charge in [-0.15, -0.1) is 0 Å². The Labute approximate surface area is 97.8 Å². The Kier molecular flexibility index (Phi) is 2.99. The van der Waals surface area contributed by atoms with Crippen molar-refractivity contribution in [3.8, 4) is 0 Å². The fourth-order valence-corrected chi connectivity index (χ4v) is 1.80. The fourth-order valence-electron chi connectivity index (χ4n) is 1.64. The van der Waals surface area contributed by atoms with Crippen molar-refractivity contribution in [2.45, 2.75) is 13.0 Å². The van der Waals surface area contributed by atoms with Crippen LogP contribution in [-0.4, -0.2) is 0 Å². The topological polar surface area (TPSA) is 39.2 Å². The molecule has 1 aromatic heterocycles. The third-order valence-corrected chi connectivity index (χ3v) is 2.77. The van der Waals surface area contributed by atoms with Crippen molar-refractivity contribution in [2.75, 3.05) is 0 Å². The van der Waals surface area contributed by atoms with E-state index in [4.69, 9.17) is 21.8 Å². The van der Waals surface area contributed by atoms with Gasteiger partial charge in [0.2, 0.25) is 0 Å². The molecular formula is C12H11ClFNO. The van der Waals surface area contributed by atoms with E-state index in [1.165, 1.54) is 6.07 Å². The molecule has 0 radical (unpaired) electrons. The first kappa shape index (κ1) is 11.2. The molecule has 0 aliphatic carbocycles. The van der Waals surface area contributed by atoms with Gasteiger partial charge in [0.25, 0.3) is 0 Å². The van der Waals surface area contributed by atoms with Gasteiger partial charge in [0.05, 0.1) is 12.3 Å². The fraction of sp³-hybridized carbons (Fsp3) is 0.167. The minimum atomic E-state index is -0.531. The Morgan fingerprint density at radius 1 is 1.31 bits per heavy atom. The third-order valence-electron chi connectivity index (χ3n) is 2.53. The van der Waals surface area contributed by atoms with Crippen LogP contribution in [0.1, 0.15) is 22.9 Å². The highest BCUT2D eigenvalue weighted by molar-refractivity contribution is 6.30. The summed E-state index contributed by atoms with van der Waals surface area (Å²) in [7, 11) is 0. The average Bonchev–Trinajstić information content (AvgIpc) is 2.63. The second kappa shape index (κ2) is 4.28. The highest BCUT2D eigenvalue weighted by Gasteiger charge is 2.17. The summed E-state index contributed by atoms with van der Waals surface area (Å²) in [6.45, 7) is 1.79. The summed E-state index contributed by atoms with van der Waals surface area (Å²) in [5.41, 5.74) is 7.16. The van der Waals surface area contributed by atoms with Crippen LogP contribution >= 0.6 is 11.6 Å². The van der Waals surface area contributed by atoms with Crippen molar-refractivity contribution in [3.05, 3.63) is 58.3 Å².